The average molecular weight is 1060 g/mol. The topological polar surface area (TPSA) is 65.1 Å². The maximum atomic E-state index is 9.85. The summed E-state index contributed by atoms with van der Waals surface area (Å²) >= 11 is 16.7. The van der Waals surface area contributed by atoms with Gasteiger partial charge < -0.3 is 9.84 Å². The highest BCUT2D eigenvalue weighted by atomic mass is 79.9. The first-order valence-corrected chi connectivity index (χ1v) is 22.5. The number of ether oxygens (including phenoxy) is 1. The van der Waals surface area contributed by atoms with Crippen LogP contribution in [-0.4, -0.2) is 34.5 Å². The fourth-order valence-electron chi connectivity index (χ4n) is 6.40. The molecule has 55 heavy (non-hydrogen) atoms. The molecular weight excluding hydrogens is 1010 g/mol. The number of phenolic OH excluding ortho intramolecular Hbond substituents is 1. The molecule has 0 spiro atoms. The summed E-state index contributed by atoms with van der Waals surface area (Å²) < 4.78 is 12.2. The fraction of sp³-hybridized carbons (Fsp3) is 0.302. The predicted octanol–water partition coefficient (Wildman–Crippen LogP) is 15.0. The van der Waals surface area contributed by atoms with E-state index >= 15 is 0 Å². The van der Waals surface area contributed by atoms with Crippen molar-refractivity contribution in [3.63, 3.8) is 0 Å². The van der Waals surface area contributed by atoms with Crippen LogP contribution in [0.3, 0.4) is 0 Å². The van der Waals surface area contributed by atoms with E-state index in [-0.39, 0.29) is 8.93 Å². The van der Waals surface area contributed by atoms with Gasteiger partial charge in [-0.2, -0.15) is 0 Å². The average Bonchev–Trinajstić information content (AvgIpc) is 3.81. The van der Waals surface area contributed by atoms with Crippen LogP contribution in [0.5, 0.6) is 11.5 Å². The number of imidazole rings is 2. The first-order valence-electron chi connectivity index (χ1n) is 18.1. The smallest absolute Gasteiger partial charge is 0.369 e. The number of aromatic nitrogens is 4. The molecular formula is C43H48BBr5N4O2. The van der Waals surface area contributed by atoms with E-state index < -0.39 is 0 Å². The second kappa shape index (κ2) is 20.7. The van der Waals surface area contributed by atoms with Crippen LogP contribution in [0.4, 0.5) is 0 Å². The molecule has 2 heterocycles. The lowest BCUT2D eigenvalue weighted by atomic mass is 9.92. The van der Waals surface area contributed by atoms with E-state index in [2.05, 4.69) is 190 Å². The molecule has 6 nitrogen and oxygen atoms in total. The van der Waals surface area contributed by atoms with Crippen molar-refractivity contribution in [2.45, 2.75) is 79.1 Å². The quantitative estimate of drug-likeness (QED) is 0.147. The Morgan fingerprint density at radius 3 is 1.29 bits per heavy atom. The molecule has 0 radical (unpaired) electrons. The molecule has 0 bridgehead atoms. The number of halogens is 5. The molecule has 0 atom stereocenters. The number of hydrogen-bond acceptors (Lipinski definition) is 4. The van der Waals surface area contributed by atoms with Crippen molar-refractivity contribution in [2.24, 2.45) is 0 Å². The molecule has 0 saturated carbocycles. The minimum Gasteiger partial charge on any atom is -0.508 e. The number of methoxy groups -OCH3 is 1. The monoisotopic (exact) mass is 1060 g/mol. The molecule has 0 unspecified atom stereocenters. The van der Waals surface area contributed by atoms with Crippen LogP contribution in [0, 0.1) is 0 Å². The molecule has 0 aliphatic carbocycles. The van der Waals surface area contributed by atoms with Crippen molar-refractivity contribution >= 4 is 82.3 Å². The minimum absolute atomic E-state index is 0.246. The number of aromatic hydroxyl groups is 1. The van der Waals surface area contributed by atoms with Gasteiger partial charge in [0.15, 0.2) is 0 Å². The standard InChI is InChI=1S/C22H25BrN2O.C21H23BrN2O.BBr3/c1-14(2)19-12-17(23)13-20(15(3)4)21(19)25-10-9-24-22(25)16-7-6-8-18(11-16)26-5;1-13(2)18-11-16(22)12-19(14(3)4)20(18)24-9-8-23-21(24)15-6-5-7-17(25)10-15;2-1(3)4/h6-15H,1-5H3;5-14,25H,1-4H3;. The highest BCUT2D eigenvalue weighted by Gasteiger charge is 2.21. The van der Waals surface area contributed by atoms with Crippen LogP contribution < -0.4 is 4.74 Å². The molecule has 12 heteroatoms. The maximum Gasteiger partial charge on any atom is 0.369 e. The highest BCUT2D eigenvalue weighted by molar-refractivity contribution is 9.69. The van der Waals surface area contributed by atoms with E-state index in [1.54, 1.807) is 19.2 Å². The molecule has 4 aromatic carbocycles. The van der Waals surface area contributed by atoms with E-state index in [1.807, 2.05) is 48.9 Å². The molecule has 0 aliphatic heterocycles. The van der Waals surface area contributed by atoms with E-state index in [1.165, 1.54) is 33.6 Å². The van der Waals surface area contributed by atoms with Crippen LogP contribution in [0.2, 0.25) is 0 Å². The number of phenols is 1. The summed E-state index contributed by atoms with van der Waals surface area (Å²) in [5.74, 6) is 4.41. The Kier molecular flexibility index (Phi) is 17.0. The molecule has 6 aromatic rings. The maximum absolute atomic E-state index is 9.85. The number of hydrogen-bond donors (Lipinski definition) is 1. The van der Waals surface area contributed by atoms with Crippen molar-refractivity contribution in [1.29, 1.82) is 0 Å². The van der Waals surface area contributed by atoms with Gasteiger partial charge in [-0.25, -0.2) is 9.97 Å². The van der Waals surface area contributed by atoms with Crippen molar-refractivity contribution in [3.8, 4) is 45.6 Å². The summed E-state index contributed by atoms with van der Waals surface area (Å²) in [5.41, 5.74) is 9.53. The summed E-state index contributed by atoms with van der Waals surface area (Å²) in [6.07, 6.45) is 7.73. The van der Waals surface area contributed by atoms with Gasteiger partial charge in [0.1, 0.15) is 23.1 Å². The van der Waals surface area contributed by atoms with Crippen molar-refractivity contribution < 1.29 is 9.84 Å². The van der Waals surface area contributed by atoms with Gasteiger partial charge >= 0.3 is 3.18 Å². The third-order valence-electron chi connectivity index (χ3n) is 8.95. The lowest BCUT2D eigenvalue weighted by Gasteiger charge is -2.22. The summed E-state index contributed by atoms with van der Waals surface area (Å²) in [5, 5.41) is 9.85. The Labute approximate surface area is 368 Å². The third-order valence-corrected chi connectivity index (χ3v) is 9.87. The fourth-order valence-corrected chi connectivity index (χ4v) is 7.39. The lowest BCUT2D eigenvalue weighted by Crippen LogP contribution is -2.08. The first kappa shape index (κ1) is 45.1. The van der Waals surface area contributed by atoms with Gasteiger partial charge in [0, 0.05) is 44.9 Å². The Balaban J connectivity index is 0.000000223. The Morgan fingerprint density at radius 1 is 0.582 bits per heavy atom. The number of benzene rings is 4. The van der Waals surface area contributed by atoms with Gasteiger partial charge in [0.05, 0.1) is 18.5 Å². The van der Waals surface area contributed by atoms with Crippen molar-refractivity contribution in [2.75, 3.05) is 7.11 Å². The minimum atomic E-state index is 0.246. The normalized spacial score (nSPS) is 11.1. The summed E-state index contributed by atoms with van der Waals surface area (Å²) in [6, 6.07) is 24.1. The van der Waals surface area contributed by atoms with Crippen LogP contribution in [0.15, 0.2) is 107 Å². The zero-order valence-electron chi connectivity index (χ0n) is 32.7. The highest BCUT2D eigenvalue weighted by Crippen LogP contribution is 2.38. The van der Waals surface area contributed by atoms with E-state index in [4.69, 9.17) is 4.74 Å². The van der Waals surface area contributed by atoms with Crippen molar-refractivity contribution in [1.82, 2.24) is 19.1 Å². The molecule has 0 fully saturated rings. The van der Waals surface area contributed by atoms with Crippen LogP contribution in [0.1, 0.15) is 101 Å². The second-order valence-electron chi connectivity index (χ2n) is 14.3. The zero-order chi connectivity index (χ0) is 40.6. The van der Waals surface area contributed by atoms with Crippen LogP contribution in [0.25, 0.3) is 34.2 Å². The van der Waals surface area contributed by atoms with Gasteiger partial charge in [-0.3, -0.25) is 9.13 Å². The van der Waals surface area contributed by atoms with Crippen LogP contribution >= 0.6 is 79.1 Å². The summed E-state index contributed by atoms with van der Waals surface area (Å²) in [7, 11) is 1.69. The van der Waals surface area contributed by atoms with Gasteiger partial charge in [-0.15, -0.1) is 47.3 Å². The van der Waals surface area contributed by atoms with E-state index in [0.717, 1.165) is 37.5 Å². The molecule has 290 valence electrons. The SMILES string of the molecule is BrB(Br)Br.CC(C)c1cc(Br)cc(C(C)C)c1-n1ccnc1-c1cccc(O)c1.COc1cccc(-c2nccn2-c2c(C(C)C)cc(Br)cc2C(C)C)c1. The molecule has 0 amide bonds. The summed E-state index contributed by atoms with van der Waals surface area (Å²) in [6.45, 7) is 17.8. The van der Waals surface area contributed by atoms with Gasteiger partial charge in [-0.1, -0.05) is 112 Å². The molecule has 2 aromatic heterocycles. The third kappa shape index (κ3) is 11.7. The van der Waals surface area contributed by atoms with Crippen LogP contribution in [-0.2, 0) is 0 Å². The second-order valence-corrected chi connectivity index (χ2v) is 22.5. The largest absolute Gasteiger partial charge is 0.508 e. The molecule has 6 rings (SSSR count). The number of nitrogens with zero attached hydrogens (tertiary/aromatic N) is 4. The molecule has 0 aliphatic rings. The van der Waals surface area contributed by atoms with Gasteiger partial charge in [0.2, 0.25) is 0 Å². The molecule has 1 N–H and O–H groups in total. The van der Waals surface area contributed by atoms with Gasteiger partial charge in [-0.05, 0) is 94.5 Å². The van der Waals surface area contributed by atoms with Crippen molar-refractivity contribution in [3.05, 3.63) is 129 Å². The Bertz CT molecular complexity index is 2120. The summed E-state index contributed by atoms with van der Waals surface area (Å²) in [4.78, 5) is 9.22. The first-order chi connectivity index (χ1) is 26.0. The molecule has 0 saturated heterocycles. The Morgan fingerprint density at radius 2 is 0.945 bits per heavy atom. The van der Waals surface area contributed by atoms with E-state index in [9.17, 15) is 5.11 Å². The lowest BCUT2D eigenvalue weighted by molar-refractivity contribution is 0.415. The number of rotatable bonds is 9. The van der Waals surface area contributed by atoms with E-state index in [0.29, 0.717) is 23.7 Å². The zero-order valence-corrected chi connectivity index (χ0v) is 40.6. The van der Waals surface area contributed by atoms with Gasteiger partial charge in [0.25, 0.3) is 0 Å². The Hall–Kier alpha value is -2.64. The predicted molar refractivity (Wildman–Crippen MR) is 251 cm³/mol.